The molecule has 2 nitrogen and oxygen atoms in total. The molecule has 1 amide bonds. The predicted molar refractivity (Wildman–Crippen MR) is 94.2 cm³/mol. The second kappa shape index (κ2) is 7.45. The van der Waals surface area contributed by atoms with Crippen LogP contribution in [0.2, 0.25) is 0 Å². The Bertz CT molecular complexity index is 650. The summed E-state index contributed by atoms with van der Waals surface area (Å²) in [4.78, 5) is 14.8. The van der Waals surface area contributed by atoms with E-state index in [1.807, 2.05) is 6.07 Å². The average molecular weight is 307 g/mol. The van der Waals surface area contributed by atoms with Crippen LogP contribution in [0.15, 0.2) is 54.6 Å². The van der Waals surface area contributed by atoms with Crippen LogP contribution in [0.5, 0.6) is 0 Å². The van der Waals surface area contributed by atoms with Gasteiger partial charge in [-0.1, -0.05) is 54.6 Å². The summed E-state index contributed by atoms with van der Waals surface area (Å²) < 4.78 is 0. The van der Waals surface area contributed by atoms with Crippen molar-refractivity contribution in [3.8, 4) is 0 Å². The highest BCUT2D eigenvalue weighted by Gasteiger charge is 2.30. The first-order valence-electron chi connectivity index (χ1n) is 8.64. The van der Waals surface area contributed by atoms with Crippen molar-refractivity contribution < 1.29 is 4.79 Å². The van der Waals surface area contributed by atoms with E-state index in [1.165, 1.54) is 16.7 Å². The van der Waals surface area contributed by atoms with Crippen molar-refractivity contribution in [3.05, 3.63) is 71.3 Å². The summed E-state index contributed by atoms with van der Waals surface area (Å²) in [5, 5.41) is 0. The number of amides is 1. The monoisotopic (exact) mass is 307 g/mol. The number of hydrogen-bond donors (Lipinski definition) is 0. The van der Waals surface area contributed by atoms with Crippen LogP contribution < -0.4 is 0 Å². The van der Waals surface area contributed by atoms with Gasteiger partial charge in [0.15, 0.2) is 0 Å². The van der Waals surface area contributed by atoms with Crippen molar-refractivity contribution in [3.63, 3.8) is 0 Å². The molecule has 1 unspecified atom stereocenters. The van der Waals surface area contributed by atoms with E-state index < -0.39 is 0 Å². The molecule has 2 aromatic carbocycles. The highest BCUT2D eigenvalue weighted by Crippen LogP contribution is 2.34. The lowest BCUT2D eigenvalue weighted by Crippen LogP contribution is -2.30. The molecule has 0 bridgehead atoms. The van der Waals surface area contributed by atoms with E-state index in [-0.39, 0.29) is 6.04 Å². The Morgan fingerprint density at radius 3 is 2.61 bits per heavy atom. The fraction of sp³-hybridized carbons (Fsp3) is 0.381. The third kappa shape index (κ3) is 3.82. The van der Waals surface area contributed by atoms with E-state index in [2.05, 4.69) is 60.4 Å². The first kappa shape index (κ1) is 15.8. The SMILES string of the molecule is Cc1ccccc1C1CCCN1C(=O)CCCc1ccccc1. The van der Waals surface area contributed by atoms with Crippen molar-refractivity contribution in [1.82, 2.24) is 4.90 Å². The Kier molecular flexibility index (Phi) is 5.12. The Morgan fingerprint density at radius 1 is 1.09 bits per heavy atom. The summed E-state index contributed by atoms with van der Waals surface area (Å²) in [6.45, 7) is 3.05. The van der Waals surface area contributed by atoms with E-state index >= 15 is 0 Å². The van der Waals surface area contributed by atoms with Crippen LogP contribution in [0.1, 0.15) is 48.4 Å². The minimum Gasteiger partial charge on any atom is -0.336 e. The van der Waals surface area contributed by atoms with E-state index in [0.29, 0.717) is 12.3 Å². The molecule has 0 aromatic heterocycles. The maximum atomic E-state index is 12.7. The Morgan fingerprint density at radius 2 is 1.83 bits per heavy atom. The zero-order chi connectivity index (χ0) is 16.1. The molecule has 1 aliphatic rings. The molecule has 0 spiro atoms. The number of hydrogen-bond acceptors (Lipinski definition) is 1. The smallest absolute Gasteiger partial charge is 0.223 e. The number of aryl methyl sites for hydroxylation is 2. The fourth-order valence-electron chi connectivity index (χ4n) is 3.58. The van der Waals surface area contributed by atoms with E-state index in [1.54, 1.807) is 0 Å². The first-order chi connectivity index (χ1) is 11.3. The molecule has 0 saturated carbocycles. The normalized spacial score (nSPS) is 17.4. The van der Waals surface area contributed by atoms with Gasteiger partial charge in [0.05, 0.1) is 6.04 Å². The minimum absolute atomic E-state index is 0.278. The summed E-state index contributed by atoms with van der Waals surface area (Å²) in [5.41, 5.74) is 3.93. The lowest BCUT2D eigenvalue weighted by Gasteiger charge is -2.26. The van der Waals surface area contributed by atoms with Crippen molar-refractivity contribution in [2.45, 2.75) is 45.1 Å². The first-order valence-corrected chi connectivity index (χ1v) is 8.64. The molecule has 2 aromatic rings. The topological polar surface area (TPSA) is 20.3 Å². The molecular weight excluding hydrogens is 282 g/mol. The highest BCUT2D eigenvalue weighted by atomic mass is 16.2. The van der Waals surface area contributed by atoms with Gasteiger partial charge in [0.2, 0.25) is 5.91 Å². The van der Waals surface area contributed by atoms with Crippen LogP contribution in [0.3, 0.4) is 0 Å². The van der Waals surface area contributed by atoms with E-state index in [4.69, 9.17) is 0 Å². The van der Waals surface area contributed by atoms with Gasteiger partial charge in [-0.05, 0) is 49.3 Å². The van der Waals surface area contributed by atoms with Crippen molar-refractivity contribution in [2.24, 2.45) is 0 Å². The average Bonchev–Trinajstić information content (AvgIpc) is 3.06. The number of carbonyl (C=O) groups excluding carboxylic acids is 1. The summed E-state index contributed by atoms with van der Waals surface area (Å²) in [7, 11) is 0. The largest absolute Gasteiger partial charge is 0.336 e. The summed E-state index contributed by atoms with van der Waals surface area (Å²) >= 11 is 0. The van der Waals surface area contributed by atoms with Crippen LogP contribution in [-0.2, 0) is 11.2 Å². The van der Waals surface area contributed by atoms with Gasteiger partial charge in [-0.15, -0.1) is 0 Å². The highest BCUT2D eigenvalue weighted by molar-refractivity contribution is 5.77. The van der Waals surface area contributed by atoms with Crippen LogP contribution in [0, 0.1) is 6.92 Å². The van der Waals surface area contributed by atoms with Crippen LogP contribution >= 0.6 is 0 Å². The number of benzene rings is 2. The number of rotatable bonds is 5. The van der Waals surface area contributed by atoms with Gasteiger partial charge in [-0.2, -0.15) is 0 Å². The fourth-order valence-corrected chi connectivity index (χ4v) is 3.58. The lowest BCUT2D eigenvalue weighted by molar-refractivity contribution is -0.132. The van der Waals surface area contributed by atoms with Gasteiger partial charge in [0.25, 0.3) is 0 Å². The van der Waals surface area contributed by atoms with Gasteiger partial charge in [0, 0.05) is 13.0 Å². The Labute approximate surface area is 139 Å². The maximum Gasteiger partial charge on any atom is 0.223 e. The molecule has 23 heavy (non-hydrogen) atoms. The molecule has 0 aliphatic carbocycles. The van der Waals surface area contributed by atoms with Gasteiger partial charge in [0.1, 0.15) is 0 Å². The molecule has 1 saturated heterocycles. The van der Waals surface area contributed by atoms with Gasteiger partial charge < -0.3 is 4.90 Å². The molecule has 1 heterocycles. The second-order valence-corrected chi connectivity index (χ2v) is 6.44. The predicted octanol–water partition coefficient (Wildman–Crippen LogP) is 4.68. The third-order valence-electron chi connectivity index (χ3n) is 4.82. The number of carbonyl (C=O) groups is 1. The quantitative estimate of drug-likeness (QED) is 0.785. The minimum atomic E-state index is 0.278. The van der Waals surface area contributed by atoms with Crippen molar-refractivity contribution in [1.29, 1.82) is 0 Å². The molecule has 2 heteroatoms. The molecule has 1 fully saturated rings. The molecule has 0 radical (unpaired) electrons. The van der Waals surface area contributed by atoms with Crippen molar-refractivity contribution >= 4 is 5.91 Å². The second-order valence-electron chi connectivity index (χ2n) is 6.44. The molecule has 1 aliphatic heterocycles. The van der Waals surface area contributed by atoms with Gasteiger partial charge in [-0.3, -0.25) is 4.79 Å². The third-order valence-corrected chi connectivity index (χ3v) is 4.82. The molecule has 0 N–H and O–H groups in total. The van der Waals surface area contributed by atoms with E-state index in [0.717, 1.165) is 32.2 Å². The number of nitrogens with zero attached hydrogens (tertiary/aromatic N) is 1. The zero-order valence-electron chi connectivity index (χ0n) is 13.9. The van der Waals surface area contributed by atoms with Gasteiger partial charge >= 0.3 is 0 Å². The summed E-state index contributed by atoms with van der Waals surface area (Å²) in [5.74, 6) is 0.312. The van der Waals surface area contributed by atoms with E-state index in [9.17, 15) is 4.79 Å². The number of likely N-dealkylation sites (tertiary alicyclic amines) is 1. The zero-order valence-corrected chi connectivity index (χ0v) is 13.9. The van der Waals surface area contributed by atoms with Gasteiger partial charge in [-0.25, -0.2) is 0 Å². The van der Waals surface area contributed by atoms with Crippen LogP contribution in [0.4, 0.5) is 0 Å². The Hall–Kier alpha value is -2.09. The Balaban J connectivity index is 1.59. The molecular formula is C21H25NO. The van der Waals surface area contributed by atoms with Crippen LogP contribution in [-0.4, -0.2) is 17.4 Å². The van der Waals surface area contributed by atoms with Crippen molar-refractivity contribution in [2.75, 3.05) is 6.54 Å². The molecule has 120 valence electrons. The molecule has 1 atom stereocenters. The standard InChI is InChI=1S/C21H25NO/c1-17-9-5-6-13-19(17)20-14-8-16-22(20)21(23)15-7-12-18-10-3-2-4-11-18/h2-6,9-11,13,20H,7-8,12,14-16H2,1H3. The molecule has 3 rings (SSSR count). The summed E-state index contributed by atoms with van der Waals surface area (Å²) in [6, 6.07) is 19.2. The van der Waals surface area contributed by atoms with Crippen LogP contribution in [0.25, 0.3) is 0 Å². The maximum absolute atomic E-state index is 12.7. The summed E-state index contributed by atoms with van der Waals surface area (Å²) in [6.07, 6.45) is 4.77. The lowest BCUT2D eigenvalue weighted by atomic mass is 9.99.